The molecule has 2 atom stereocenters. The van der Waals surface area contributed by atoms with Crippen LogP contribution in [-0.2, 0) is 10.8 Å². The van der Waals surface area contributed by atoms with Crippen LogP contribution in [0.15, 0.2) is 0 Å². The monoisotopic (exact) mass is 244 g/mol. The molecule has 4 heteroatoms. The fourth-order valence-electron chi connectivity index (χ4n) is 2.83. The van der Waals surface area contributed by atoms with E-state index >= 15 is 0 Å². The summed E-state index contributed by atoms with van der Waals surface area (Å²) >= 11 is 0. The largest absolute Gasteiger partial charge is 0.327 e. The van der Waals surface area contributed by atoms with Crippen molar-refractivity contribution in [3.05, 3.63) is 0 Å². The standard InChI is InChI=1S/C12H24N2OS/c13-12-5-3-1-2-4-11(12)10-14-6-8-16(15)9-7-14/h11-12H,1-10,13H2. The molecule has 0 aromatic heterocycles. The van der Waals surface area contributed by atoms with E-state index in [9.17, 15) is 4.21 Å². The molecule has 3 nitrogen and oxygen atoms in total. The van der Waals surface area contributed by atoms with E-state index in [0.29, 0.717) is 12.0 Å². The van der Waals surface area contributed by atoms with Gasteiger partial charge in [-0.25, -0.2) is 0 Å². The van der Waals surface area contributed by atoms with Gasteiger partial charge in [-0.1, -0.05) is 19.3 Å². The zero-order chi connectivity index (χ0) is 11.4. The average molecular weight is 244 g/mol. The molecule has 0 bridgehead atoms. The first kappa shape index (κ1) is 12.5. The molecule has 2 fully saturated rings. The van der Waals surface area contributed by atoms with Crippen LogP contribution in [0.25, 0.3) is 0 Å². The molecule has 1 saturated carbocycles. The van der Waals surface area contributed by atoms with Gasteiger partial charge in [0.2, 0.25) is 0 Å². The predicted molar refractivity (Wildman–Crippen MR) is 68.9 cm³/mol. The first-order valence-corrected chi connectivity index (χ1v) is 8.07. The van der Waals surface area contributed by atoms with E-state index in [4.69, 9.17) is 5.73 Å². The number of hydrogen-bond acceptors (Lipinski definition) is 3. The minimum atomic E-state index is -0.553. The zero-order valence-electron chi connectivity index (χ0n) is 10.1. The lowest BCUT2D eigenvalue weighted by Crippen LogP contribution is -2.44. The molecule has 1 saturated heterocycles. The van der Waals surface area contributed by atoms with Gasteiger partial charge in [0, 0.05) is 48.0 Å². The number of rotatable bonds is 2. The third-order valence-corrected chi connectivity index (χ3v) is 5.26. The van der Waals surface area contributed by atoms with Gasteiger partial charge in [-0.05, 0) is 18.8 Å². The topological polar surface area (TPSA) is 46.3 Å². The van der Waals surface area contributed by atoms with E-state index in [1.165, 1.54) is 32.1 Å². The second-order valence-electron chi connectivity index (χ2n) is 5.21. The van der Waals surface area contributed by atoms with Crippen LogP contribution in [0.4, 0.5) is 0 Å². The Morgan fingerprint density at radius 3 is 2.56 bits per heavy atom. The number of hydrogen-bond donors (Lipinski definition) is 1. The fraction of sp³-hybridized carbons (Fsp3) is 1.00. The number of nitrogens with two attached hydrogens (primary N) is 1. The van der Waals surface area contributed by atoms with Crippen LogP contribution < -0.4 is 5.73 Å². The molecule has 2 N–H and O–H groups in total. The van der Waals surface area contributed by atoms with Crippen molar-refractivity contribution in [3.8, 4) is 0 Å². The van der Waals surface area contributed by atoms with Crippen molar-refractivity contribution >= 4 is 10.8 Å². The Morgan fingerprint density at radius 2 is 1.81 bits per heavy atom. The summed E-state index contributed by atoms with van der Waals surface area (Å²) in [7, 11) is -0.553. The van der Waals surface area contributed by atoms with E-state index in [0.717, 1.165) is 31.1 Å². The van der Waals surface area contributed by atoms with Gasteiger partial charge in [-0.2, -0.15) is 0 Å². The van der Waals surface area contributed by atoms with Crippen LogP contribution >= 0.6 is 0 Å². The lowest BCUT2D eigenvalue weighted by molar-refractivity contribution is 0.222. The van der Waals surface area contributed by atoms with E-state index < -0.39 is 10.8 Å². The summed E-state index contributed by atoms with van der Waals surface area (Å²) < 4.78 is 11.3. The summed E-state index contributed by atoms with van der Waals surface area (Å²) in [6.07, 6.45) is 6.50. The lowest BCUT2D eigenvalue weighted by atomic mass is 9.95. The molecule has 1 heterocycles. The molecule has 0 radical (unpaired) electrons. The molecule has 0 aromatic carbocycles. The highest BCUT2D eigenvalue weighted by molar-refractivity contribution is 7.85. The molecule has 1 aliphatic carbocycles. The summed E-state index contributed by atoms with van der Waals surface area (Å²) in [5, 5.41) is 0. The predicted octanol–water partition coefficient (Wildman–Crippen LogP) is 0.958. The molecule has 16 heavy (non-hydrogen) atoms. The first-order valence-electron chi connectivity index (χ1n) is 6.58. The van der Waals surface area contributed by atoms with E-state index in [-0.39, 0.29) is 0 Å². The normalized spacial score (nSPS) is 34.8. The molecule has 0 amide bonds. The quantitative estimate of drug-likeness (QED) is 0.736. The van der Waals surface area contributed by atoms with Crippen LogP contribution in [0, 0.1) is 5.92 Å². The van der Waals surface area contributed by atoms with Gasteiger partial charge < -0.3 is 10.6 Å². The van der Waals surface area contributed by atoms with Crippen molar-refractivity contribution in [2.24, 2.45) is 11.7 Å². The highest BCUT2D eigenvalue weighted by Crippen LogP contribution is 2.23. The molecular formula is C12H24N2OS. The second-order valence-corrected chi connectivity index (χ2v) is 6.91. The van der Waals surface area contributed by atoms with E-state index in [2.05, 4.69) is 4.90 Å². The average Bonchev–Trinajstić information content (AvgIpc) is 2.48. The highest BCUT2D eigenvalue weighted by atomic mass is 32.2. The summed E-state index contributed by atoms with van der Waals surface area (Å²) in [5.41, 5.74) is 6.24. The molecule has 2 aliphatic rings. The maximum absolute atomic E-state index is 11.3. The van der Waals surface area contributed by atoms with Crippen LogP contribution in [0.2, 0.25) is 0 Å². The third-order valence-electron chi connectivity index (χ3n) is 3.98. The summed E-state index contributed by atoms with van der Waals surface area (Å²) in [6, 6.07) is 0.398. The number of nitrogens with zero attached hydrogens (tertiary/aromatic N) is 1. The minimum absolute atomic E-state index is 0.398. The van der Waals surface area contributed by atoms with Crippen molar-refractivity contribution in [2.45, 2.75) is 38.1 Å². The summed E-state index contributed by atoms with van der Waals surface area (Å²) in [5.74, 6) is 2.40. The first-order chi connectivity index (χ1) is 7.75. The second kappa shape index (κ2) is 6.12. The van der Waals surface area contributed by atoms with Crippen molar-refractivity contribution in [1.82, 2.24) is 4.90 Å². The van der Waals surface area contributed by atoms with E-state index in [1.807, 2.05) is 0 Å². The summed E-state index contributed by atoms with van der Waals surface area (Å²) in [6.45, 7) is 3.16. The van der Waals surface area contributed by atoms with Crippen molar-refractivity contribution in [1.29, 1.82) is 0 Å². The molecule has 2 rings (SSSR count). The van der Waals surface area contributed by atoms with E-state index in [1.54, 1.807) is 0 Å². The molecule has 0 spiro atoms. The maximum Gasteiger partial charge on any atom is 0.0363 e. The molecule has 2 unspecified atom stereocenters. The Labute approximate surface area is 101 Å². The molecule has 1 aliphatic heterocycles. The van der Waals surface area contributed by atoms with Gasteiger partial charge in [0.1, 0.15) is 0 Å². The molecule has 0 aromatic rings. The van der Waals surface area contributed by atoms with Gasteiger partial charge in [0.05, 0.1) is 0 Å². The molecular weight excluding hydrogens is 220 g/mol. The zero-order valence-corrected chi connectivity index (χ0v) is 10.9. The Bertz CT molecular complexity index is 237. The minimum Gasteiger partial charge on any atom is -0.327 e. The highest BCUT2D eigenvalue weighted by Gasteiger charge is 2.24. The Morgan fingerprint density at radius 1 is 1.12 bits per heavy atom. The van der Waals surface area contributed by atoms with Gasteiger partial charge in [0.25, 0.3) is 0 Å². The third kappa shape index (κ3) is 3.54. The Balaban J connectivity index is 1.80. The van der Waals surface area contributed by atoms with Crippen molar-refractivity contribution in [2.75, 3.05) is 31.1 Å². The van der Waals surface area contributed by atoms with Gasteiger partial charge >= 0.3 is 0 Å². The smallest absolute Gasteiger partial charge is 0.0363 e. The van der Waals surface area contributed by atoms with Crippen LogP contribution in [-0.4, -0.2) is 46.3 Å². The SMILES string of the molecule is NC1CCCCCC1CN1CCS(=O)CC1. The van der Waals surface area contributed by atoms with Crippen molar-refractivity contribution < 1.29 is 4.21 Å². The van der Waals surface area contributed by atoms with Crippen LogP contribution in [0.1, 0.15) is 32.1 Å². The van der Waals surface area contributed by atoms with Gasteiger partial charge in [-0.3, -0.25) is 4.21 Å². The van der Waals surface area contributed by atoms with Gasteiger partial charge in [-0.15, -0.1) is 0 Å². The fourth-order valence-corrected chi connectivity index (χ4v) is 3.96. The molecule has 94 valence electrons. The van der Waals surface area contributed by atoms with Crippen LogP contribution in [0.3, 0.4) is 0 Å². The van der Waals surface area contributed by atoms with Crippen molar-refractivity contribution in [3.63, 3.8) is 0 Å². The Kier molecular flexibility index (Phi) is 4.79. The van der Waals surface area contributed by atoms with Gasteiger partial charge in [0.15, 0.2) is 0 Å². The maximum atomic E-state index is 11.3. The van der Waals surface area contributed by atoms with Crippen LogP contribution in [0.5, 0.6) is 0 Å². The lowest BCUT2D eigenvalue weighted by Gasteiger charge is -2.32. The summed E-state index contributed by atoms with van der Waals surface area (Å²) in [4.78, 5) is 2.47. The Hall–Kier alpha value is 0.0700.